The van der Waals surface area contributed by atoms with Crippen LogP contribution in [0, 0.1) is 17.8 Å². The van der Waals surface area contributed by atoms with Crippen LogP contribution in [0.15, 0.2) is 11.1 Å². The van der Waals surface area contributed by atoms with Crippen LogP contribution >= 0.6 is 0 Å². The van der Waals surface area contributed by atoms with Crippen LogP contribution in [0.25, 0.3) is 0 Å². The summed E-state index contributed by atoms with van der Waals surface area (Å²) in [5.41, 5.74) is 2.05. The van der Waals surface area contributed by atoms with Gasteiger partial charge >= 0.3 is 0 Å². The highest BCUT2D eigenvalue weighted by atomic mass is 16.3. The maximum absolute atomic E-state index is 9.56. The first-order chi connectivity index (χ1) is 5.49. The van der Waals surface area contributed by atoms with Crippen molar-refractivity contribution in [3.8, 4) is 12.3 Å². The van der Waals surface area contributed by atoms with Crippen molar-refractivity contribution in [1.82, 2.24) is 0 Å². The van der Waals surface area contributed by atoms with Gasteiger partial charge in [-0.25, -0.2) is 0 Å². The smallest absolute Gasteiger partial charge is 0.0759 e. The molecular weight excluding hydrogens is 148 g/mol. The number of allylic oxidation sites excluding steroid dienone is 1. The maximum atomic E-state index is 9.56. The van der Waals surface area contributed by atoms with Gasteiger partial charge in [-0.05, 0) is 30.8 Å². The van der Waals surface area contributed by atoms with Crippen molar-refractivity contribution in [2.24, 2.45) is 5.41 Å². The van der Waals surface area contributed by atoms with Gasteiger partial charge in [-0.3, -0.25) is 0 Å². The SMILES string of the molecule is C#CC1=C(C)C(O)CCC1(C)C. The molecule has 1 nitrogen and oxygen atoms in total. The predicted octanol–water partition coefficient (Wildman–Crippen LogP) is 2.12. The first kappa shape index (κ1) is 9.35. The van der Waals surface area contributed by atoms with Crippen LogP contribution in [-0.2, 0) is 0 Å². The number of hydrogen-bond donors (Lipinski definition) is 1. The lowest BCUT2D eigenvalue weighted by Crippen LogP contribution is -2.27. The van der Waals surface area contributed by atoms with Gasteiger partial charge in [0.15, 0.2) is 0 Å². The molecule has 0 aliphatic heterocycles. The molecule has 0 aromatic heterocycles. The van der Waals surface area contributed by atoms with E-state index in [0.717, 1.165) is 24.0 Å². The fourth-order valence-electron chi connectivity index (χ4n) is 1.85. The van der Waals surface area contributed by atoms with Crippen molar-refractivity contribution < 1.29 is 5.11 Å². The molecule has 1 rings (SSSR count). The molecule has 0 saturated heterocycles. The van der Waals surface area contributed by atoms with Gasteiger partial charge < -0.3 is 5.11 Å². The molecule has 1 atom stereocenters. The second-order valence-corrected chi connectivity index (χ2v) is 4.14. The van der Waals surface area contributed by atoms with Crippen molar-refractivity contribution in [3.63, 3.8) is 0 Å². The predicted molar refractivity (Wildman–Crippen MR) is 50.6 cm³/mol. The third kappa shape index (κ3) is 1.40. The van der Waals surface area contributed by atoms with Crippen molar-refractivity contribution in [1.29, 1.82) is 0 Å². The standard InChI is InChI=1S/C11H16O/c1-5-9-8(2)10(12)6-7-11(9,3)4/h1,10,12H,6-7H2,2-4H3. The second-order valence-electron chi connectivity index (χ2n) is 4.14. The summed E-state index contributed by atoms with van der Waals surface area (Å²) in [7, 11) is 0. The summed E-state index contributed by atoms with van der Waals surface area (Å²) >= 11 is 0. The molecule has 1 N–H and O–H groups in total. The zero-order valence-corrected chi connectivity index (χ0v) is 8.02. The highest BCUT2D eigenvalue weighted by molar-refractivity contribution is 5.39. The van der Waals surface area contributed by atoms with Crippen LogP contribution in [-0.4, -0.2) is 11.2 Å². The summed E-state index contributed by atoms with van der Waals surface area (Å²) < 4.78 is 0. The van der Waals surface area contributed by atoms with E-state index in [2.05, 4.69) is 19.8 Å². The molecule has 0 aromatic rings. The monoisotopic (exact) mass is 164 g/mol. The van der Waals surface area contributed by atoms with Crippen LogP contribution in [0.1, 0.15) is 33.6 Å². The Morgan fingerprint density at radius 2 is 2.17 bits per heavy atom. The molecule has 0 bridgehead atoms. The molecule has 0 radical (unpaired) electrons. The minimum Gasteiger partial charge on any atom is -0.389 e. The van der Waals surface area contributed by atoms with E-state index in [4.69, 9.17) is 6.42 Å². The van der Waals surface area contributed by atoms with Crippen molar-refractivity contribution >= 4 is 0 Å². The van der Waals surface area contributed by atoms with E-state index in [9.17, 15) is 5.11 Å². The Morgan fingerprint density at radius 3 is 2.58 bits per heavy atom. The lowest BCUT2D eigenvalue weighted by molar-refractivity contribution is 0.163. The zero-order chi connectivity index (χ0) is 9.35. The number of hydrogen-bond acceptors (Lipinski definition) is 1. The van der Waals surface area contributed by atoms with Crippen LogP contribution in [0.4, 0.5) is 0 Å². The summed E-state index contributed by atoms with van der Waals surface area (Å²) in [6, 6.07) is 0. The fourth-order valence-corrected chi connectivity index (χ4v) is 1.85. The topological polar surface area (TPSA) is 20.2 Å². The summed E-state index contributed by atoms with van der Waals surface area (Å²) in [6.07, 6.45) is 6.91. The van der Waals surface area contributed by atoms with Gasteiger partial charge in [-0.2, -0.15) is 0 Å². The van der Waals surface area contributed by atoms with E-state index in [1.54, 1.807) is 0 Å². The Kier molecular flexibility index (Phi) is 2.30. The minimum absolute atomic E-state index is 0.0814. The third-order valence-corrected chi connectivity index (χ3v) is 2.76. The maximum Gasteiger partial charge on any atom is 0.0759 e. The van der Waals surface area contributed by atoms with E-state index >= 15 is 0 Å². The Hall–Kier alpha value is -0.740. The van der Waals surface area contributed by atoms with Crippen LogP contribution in [0.3, 0.4) is 0 Å². The van der Waals surface area contributed by atoms with Crippen molar-refractivity contribution in [3.05, 3.63) is 11.1 Å². The number of rotatable bonds is 0. The Labute approximate surface area is 74.5 Å². The quantitative estimate of drug-likeness (QED) is 0.544. The number of aliphatic hydroxyl groups is 1. The molecule has 66 valence electrons. The van der Waals surface area contributed by atoms with Crippen molar-refractivity contribution in [2.75, 3.05) is 0 Å². The molecule has 0 aromatic carbocycles. The van der Waals surface area contributed by atoms with Gasteiger partial charge in [0.25, 0.3) is 0 Å². The Bertz CT molecular complexity index is 253. The lowest BCUT2D eigenvalue weighted by Gasteiger charge is -2.33. The van der Waals surface area contributed by atoms with E-state index in [1.807, 2.05) is 6.92 Å². The summed E-state index contributed by atoms with van der Waals surface area (Å²) in [5, 5.41) is 9.56. The Morgan fingerprint density at radius 1 is 1.58 bits per heavy atom. The molecule has 1 aliphatic rings. The first-order valence-electron chi connectivity index (χ1n) is 4.35. The number of terminal acetylenes is 1. The molecular formula is C11H16O. The van der Waals surface area contributed by atoms with Crippen LogP contribution < -0.4 is 0 Å². The first-order valence-corrected chi connectivity index (χ1v) is 4.35. The van der Waals surface area contributed by atoms with Gasteiger partial charge in [0.1, 0.15) is 0 Å². The Balaban J connectivity index is 3.12. The molecule has 1 aliphatic carbocycles. The van der Waals surface area contributed by atoms with E-state index < -0.39 is 0 Å². The molecule has 1 heteroatoms. The van der Waals surface area contributed by atoms with Crippen molar-refractivity contribution in [2.45, 2.75) is 39.7 Å². The van der Waals surface area contributed by atoms with E-state index in [-0.39, 0.29) is 11.5 Å². The highest BCUT2D eigenvalue weighted by Crippen LogP contribution is 2.39. The van der Waals surface area contributed by atoms with Gasteiger partial charge in [-0.15, -0.1) is 6.42 Å². The van der Waals surface area contributed by atoms with Gasteiger partial charge in [-0.1, -0.05) is 19.8 Å². The molecule has 12 heavy (non-hydrogen) atoms. The summed E-state index contributed by atoms with van der Waals surface area (Å²) in [5.74, 6) is 2.69. The largest absolute Gasteiger partial charge is 0.389 e. The fraction of sp³-hybridized carbons (Fsp3) is 0.636. The summed E-state index contributed by atoms with van der Waals surface area (Å²) in [6.45, 7) is 6.20. The van der Waals surface area contributed by atoms with Gasteiger partial charge in [0, 0.05) is 5.57 Å². The molecule has 0 fully saturated rings. The third-order valence-electron chi connectivity index (χ3n) is 2.76. The summed E-state index contributed by atoms with van der Waals surface area (Å²) in [4.78, 5) is 0. The molecule has 0 saturated carbocycles. The van der Waals surface area contributed by atoms with E-state index in [1.165, 1.54) is 0 Å². The zero-order valence-electron chi connectivity index (χ0n) is 8.02. The average molecular weight is 164 g/mol. The average Bonchev–Trinajstić information content (AvgIpc) is 1.99. The van der Waals surface area contributed by atoms with E-state index in [0.29, 0.717) is 0 Å². The normalized spacial score (nSPS) is 28.4. The molecule has 0 spiro atoms. The molecule has 0 amide bonds. The second kappa shape index (κ2) is 2.95. The highest BCUT2D eigenvalue weighted by Gasteiger charge is 2.31. The van der Waals surface area contributed by atoms with Gasteiger partial charge in [0.2, 0.25) is 0 Å². The molecule has 1 unspecified atom stereocenters. The molecule has 0 heterocycles. The van der Waals surface area contributed by atoms with Crippen LogP contribution in [0.5, 0.6) is 0 Å². The van der Waals surface area contributed by atoms with Gasteiger partial charge in [0.05, 0.1) is 6.10 Å². The minimum atomic E-state index is -0.316. The van der Waals surface area contributed by atoms with Crippen LogP contribution in [0.2, 0.25) is 0 Å². The number of aliphatic hydroxyl groups excluding tert-OH is 1. The lowest BCUT2D eigenvalue weighted by atomic mass is 9.72.